The summed E-state index contributed by atoms with van der Waals surface area (Å²) in [6, 6.07) is 0. The fourth-order valence-electron chi connectivity index (χ4n) is 4.20. The molecular weight excluding hydrogens is 356 g/mol. The second kappa shape index (κ2) is 6.66. The molecule has 0 heterocycles. The molecule has 0 aromatic rings. The van der Waals surface area contributed by atoms with Crippen molar-refractivity contribution in [1.82, 2.24) is 0 Å². The molecule has 7 heteroatoms. The average molecular weight is 385 g/mol. The molecule has 0 aliphatic heterocycles. The number of rotatable bonds is 6. The Morgan fingerprint density at radius 1 is 1.43 bits per heavy atom. The van der Waals surface area contributed by atoms with Gasteiger partial charge >= 0.3 is 7.12 Å². The normalized spacial score (nSPS) is 38.1. The first kappa shape index (κ1) is 19.7. The van der Waals surface area contributed by atoms with Crippen molar-refractivity contribution in [3.63, 3.8) is 0 Å². The zero-order chi connectivity index (χ0) is 15.2. The molecule has 4 N–H and O–H groups in total. The molecule has 21 heavy (non-hydrogen) atoms. The summed E-state index contributed by atoms with van der Waals surface area (Å²) in [6.07, 6.45) is 4.80. The van der Waals surface area contributed by atoms with Crippen LogP contribution in [0, 0.1) is 11.3 Å². The van der Waals surface area contributed by atoms with Gasteiger partial charge in [0.2, 0.25) is 0 Å². The van der Waals surface area contributed by atoms with Gasteiger partial charge in [0, 0.05) is 0 Å². The van der Waals surface area contributed by atoms with Crippen molar-refractivity contribution in [1.29, 1.82) is 0 Å². The maximum atomic E-state index is 10.8. The summed E-state index contributed by atoms with van der Waals surface area (Å²) in [7, 11) is -0.828. The molecule has 3 aliphatic rings. The van der Waals surface area contributed by atoms with Crippen LogP contribution in [0.3, 0.4) is 0 Å². The van der Waals surface area contributed by atoms with Gasteiger partial charge < -0.3 is 20.5 Å². The number of alkyl halides is 1. The fraction of sp³-hybridized carbons (Fsp3) is 1.00. The van der Waals surface area contributed by atoms with Crippen molar-refractivity contribution in [2.24, 2.45) is 17.1 Å². The zero-order valence-corrected chi connectivity index (χ0v) is 15.5. The third-order valence-electron chi connectivity index (χ3n) is 5.71. The van der Waals surface area contributed by atoms with Crippen LogP contribution in [0.2, 0.25) is 6.32 Å². The van der Waals surface area contributed by atoms with Crippen LogP contribution in [0.1, 0.15) is 52.9 Å². The monoisotopic (exact) mass is 383 g/mol. The molecule has 0 aromatic carbocycles. The smallest absolute Gasteiger partial charge is 0.427 e. The minimum atomic E-state index is -0.863. The van der Waals surface area contributed by atoms with E-state index in [4.69, 9.17) is 10.4 Å². The molecule has 2 bridgehead atoms. The standard InChI is InChI=1S/C14H27BBrNO3.ClH/c1-12(2)10-6-7-13(3,18)14(12,9-10)20-15(19)8-4-5-11(16)17;/h10-11,18-19H,4-9,17H2,1-3H3;1H. The van der Waals surface area contributed by atoms with Crippen LogP contribution in [-0.4, -0.2) is 33.4 Å². The molecule has 0 aromatic heterocycles. The van der Waals surface area contributed by atoms with E-state index >= 15 is 0 Å². The highest BCUT2D eigenvalue weighted by Gasteiger charge is 2.71. The van der Waals surface area contributed by atoms with Gasteiger partial charge in [-0.05, 0) is 50.3 Å². The largest absolute Gasteiger partial charge is 0.454 e. The molecule has 0 saturated heterocycles. The van der Waals surface area contributed by atoms with Gasteiger partial charge in [-0.1, -0.05) is 36.2 Å². The van der Waals surface area contributed by atoms with Gasteiger partial charge in [0.15, 0.2) is 0 Å². The van der Waals surface area contributed by atoms with Gasteiger partial charge in [-0.3, -0.25) is 0 Å². The van der Waals surface area contributed by atoms with Crippen LogP contribution in [0.4, 0.5) is 0 Å². The van der Waals surface area contributed by atoms with Crippen LogP contribution < -0.4 is 5.73 Å². The van der Waals surface area contributed by atoms with Gasteiger partial charge in [0.1, 0.15) is 0 Å². The summed E-state index contributed by atoms with van der Waals surface area (Å²) in [6.45, 7) is 6.15. The van der Waals surface area contributed by atoms with Gasteiger partial charge in [-0.15, -0.1) is 12.4 Å². The molecule has 3 rings (SSSR count). The third kappa shape index (κ3) is 3.31. The Kier molecular flexibility index (Phi) is 6.25. The summed E-state index contributed by atoms with van der Waals surface area (Å²) in [5, 5.41) is 20.9. The first-order valence-corrected chi connectivity index (χ1v) is 8.52. The summed E-state index contributed by atoms with van der Waals surface area (Å²) >= 11 is 3.29. The van der Waals surface area contributed by atoms with Crippen molar-refractivity contribution >= 4 is 35.5 Å². The summed E-state index contributed by atoms with van der Waals surface area (Å²) < 4.78 is 6.01. The number of halogens is 2. The van der Waals surface area contributed by atoms with Gasteiger partial charge in [-0.25, -0.2) is 0 Å². The highest BCUT2D eigenvalue weighted by molar-refractivity contribution is 9.09. The minimum absolute atomic E-state index is 0. The predicted molar refractivity (Wildman–Crippen MR) is 91.7 cm³/mol. The molecule has 4 atom stereocenters. The molecule has 3 fully saturated rings. The third-order valence-corrected chi connectivity index (χ3v) is 6.17. The molecule has 3 aliphatic carbocycles. The average Bonchev–Trinajstić information content (AvgIpc) is 2.30. The lowest BCUT2D eigenvalue weighted by atomic mass is 9.40. The topological polar surface area (TPSA) is 75.7 Å². The quantitative estimate of drug-likeness (QED) is 0.374. The highest BCUT2D eigenvalue weighted by Crippen LogP contribution is 2.67. The summed E-state index contributed by atoms with van der Waals surface area (Å²) in [4.78, 5) is -0.0322. The van der Waals surface area contributed by atoms with Gasteiger partial charge in [0.05, 0.1) is 16.2 Å². The van der Waals surface area contributed by atoms with E-state index in [0.29, 0.717) is 12.2 Å². The van der Waals surface area contributed by atoms with E-state index in [1.165, 1.54) is 0 Å². The maximum absolute atomic E-state index is 10.8. The molecular formula is C14H28BBrClNO3. The van der Waals surface area contributed by atoms with Crippen LogP contribution in [0.25, 0.3) is 0 Å². The number of hydrogen-bond acceptors (Lipinski definition) is 4. The second-order valence-corrected chi connectivity index (χ2v) is 8.46. The van der Waals surface area contributed by atoms with E-state index in [1.54, 1.807) is 0 Å². The molecule has 3 saturated carbocycles. The van der Waals surface area contributed by atoms with E-state index < -0.39 is 18.3 Å². The van der Waals surface area contributed by atoms with E-state index in [9.17, 15) is 10.1 Å². The summed E-state index contributed by atoms with van der Waals surface area (Å²) in [5.41, 5.74) is 4.08. The predicted octanol–water partition coefficient (Wildman–Crippen LogP) is 2.69. The number of nitrogens with two attached hydrogens (primary N) is 1. The van der Waals surface area contributed by atoms with Crippen LogP contribution in [0.15, 0.2) is 0 Å². The summed E-state index contributed by atoms with van der Waals surface area (Å²) in [5.74, 6) is 0.589. The Labute approximate surface area is 142 Å². The lowest BCUT2D eigenvalue weighted by Gasteiger charge is -2.71. The van der Waals surface area contributed by atoms with Crippen molar-refractivity contribution in [3.8, 4) is 0 Å². The Morgan fingerprint density at radius 3 is 2.52 bits per heavy atom. The maximum Gasteiger partial charge on any atom is 0.454 e. The second-order valence-electron chi connectivity index (χ2n) is 7.28. The number of fused-ring (bicyclic) bond motifs is 2. The molecule has 124 valence electrons. The molecule has 0 spiro atoms. The van der Waals surface area contributed by atoms with Crippen molar-refractivity contribution in [2.75, 3.05) is 0 Å². The van der Waals surface area contributed by atoms with Crippen LogP contribution in [-0.2, 0) is 4.65 Å². The highest BCUT2D eigenvalue weighted by atomic mass is 79.9. The van der Waals surface area contributed by atoms with Crippen LogP contribution >= 0.6 is 28.3 Å². The SMILES string of the molecule is CC1(O)CCC2CC1(OB(O)CCCC(N)Br)C2(C)C.Cl. The number of hydrogen-bond donors (Lipinski definition) is 3. The van der Waals surface area contributed by atoms with Crippen LogP contribution in [0.5, 0.6) is 0 Å². The Bertz CT molecular complexity index is 360. The van der Waals surface area contributed by atoms with E-state index in [-0.39, 0.29) is 22.8 Å². The minimum Gasteiger partial charge on any atom is -0.427 e. The van der Waals surface area contributed by atoms with Crippen molar-refractivity contribution in [2.45, 2.75) is 75.3 Å². The van der Waals surface area contributed by atoms with E-state index in [0.717, 1.165) is 32.1 Å². The zero-order valence-electron chi connectivity index (χ0n) is 13.1. The van der Waals surface area contributed by atoms with E-state index in [2.05, 4.69) is 29.8 Å². The van der Waals surface area contributed by atoms with Crippen molar-refractivity contribution in [3.05, 3.63) is 0 Å². The van der Waals surface area contributed by atoms with Crippen molar-refractivity contribution < 1.29 is 14.8 Å². The molecule has 0 amide bonds. The van der Waals surface area contributed by atoms with Gasteiger partial charge in [-0.2, -0.15) is 0 Å². The Balaban J connectivity index is 0.00000220. The lowest BCUT2D eigenvalue weighted by Crippen LogP contribution is -2.76. The molecule has 4 unspecified atom stereocenters. The Hall–Kier alpha value is 0.675. The van der Waals surface area contributed by atoms with Gasteiger partial charge in [0.25, 0.3) is 0 Å². The Morgan fingerprint density at radius 2 is 2.05 bits per heavy atom. The fourth-order valence-corrected chi connectivity index (χ4v) is 4.53. The first-order chi connectivity index (χ1) is 9.12. The lowest BCUT2D eigenvalue weighted by molar-refractivity contribution is -0.304. The van der Waals surface area contributed by atoms with E-state index in [1.807, 2.05) is 6.92 Å². The molecule has 4 nitrogen and oxygen atoms in total. The number of aliphatic hydroxyl groups is 1. The molecule has 0 radical (unpaired) electrons. The first-order valence-electron chi connectivity index (χ1n) is 7.60.